The maximum absolute atomic E-state index is 13.7. The Morgan fingerprint density at radius 1 is 1.11 bits per heavy atom. The Bertz CT molecular complexity index is 1070. The van der Waals surface area contributed by atoms with Gasteiger partial charge in [-0.15, -0.1) is 0 Å². The van der Waals surface area contributed by atoms with Crippen LogP contribution in [0.5, 0.6) is 0 Å². The van der Waals surface area contributed by atoms with Crippen LogP contribution in [0.25, 0.3) is 10.9 Å². The molecule has 0 unspecified atom stereocenters. The van der Waals surface area contributed by atoms with Gasteiger partial charge in [0.2, 0.25) is 0 Å². The fraction of sp³-hybridized carbons (Fsp3) is 0.217. The first-order valence-electron chi connectivity index (χ1n) is 8.72. The number of rotatable bonds is 2. The molecule has 2 aromatic carbocycles. The first kappa shape index (κ1) is 18.6. The molecule has 0 spiro atoms. The van der Waals surface area contributed by atoms with E-state index in [-0.39, 0.29) is 11.4 Å². The molecule has 27 heavy (non-hydrogen) atoms. The maximum atomic E-state index is 13.7. The molecule has 1 heterocycles. The monoisotopic (exact) mass is 360 g/mol. The van der Waals surface area contributed by atoms with Crippen LogP contribution in [0.1, 0.15) is 40.9 Å². The highest BCUT2D eigenvalue weighted by atomic mass is 19.1. The Balaban J connectivity index is 1.81. The molecule has 0 aliphatic rings. The molecule has 0 bridgehead atoms. The van der Waals surface area contributed by atoms with Crippen molar-refractivity contribution >= 4 is 16.8 Å². The molecule has 3 rings (SSSR count). The standard InChI is InChI=1S/C23H21FN2O/c1-15-10-16(2)12-17(11-15)8-9-23(3,4)26-22(27)19-13-18-6-5-7-20(24)21(18)25-14-19/h5-7,10-14H,1-4H3,(H,26,27). The molecule has 0 fully saturated rings. The number of amides is 1. The van der Waals surface area contributed by atoms with E-state index in [0.717, 1.165) is 16.7 Å². The van der Waals surface area contributed by atoms with Gasteiger partial charge >= 0.3 is 0 Å². The second-order valence-electron chi connectivity index (χ2n) is 7.24. The van der Waals surface area contributed by atoms with Gasteiger partial charge in [-0.1, -0.05) is 30.0 Å². The number of aryl methyl sites for hydroxylation is 2. The Morgan fingerprint density at radius 3 is 2.52 bits per heavy atom. The Hall–Kier alpha value is -3.19. The average molecular weight is 360 g/mol. The Kier molecular flexibility index (Phi) is 4.96. The summed E-state index contributed by atoms with van der Waals surface area (Å²) < 4.78 is 13.7. The fourth-order valence-corrected chi connectivity index (χ4v) is 2.91. The van der Waals surface area contributed by atoms with Crippen molar-refractivity contribution in [1.82, 2.24) is 10.3 Å². The predicted molar refractivity (Wildman–Crippen MR) is 106 cm³/mol. The van der Waals surface area contributed by atoms with Crippen LogP contribution in [0.2, 0.25) is 0 Å². The second-order valence-corrected chi connectivity index (χ2v) is 7.24. The summed E-state index contributed by atoms with van der Waals surface area (Å²) >= 11 is 0. The first-order valence-corrected chi connectivity index (χ1v) is 8.72. The number of pyridine rings is 1. The zero-order chi connectivity index (χ0) is 19.6. The summed E-state index contributed by atoms with van der Waals surface area (Å²) in [5.41, 5.74) is 3.10. The quantitative estimate of drug-likeness (QED) is 0.681. The zero-order valence-corrected chi connectivity index (χ0v) is 15.9. The fourth-order valence-electron chi connectivity index (χ4n) is 2.91. The van der Waals surface area contributed by atoms with E-state index in [2.05, 4.69) is 28.2 Å². The van der Waals surface area contributed by atoms with Gasteiger partial charge in [0.25, 0.3) is 5.91 Å². The zero-order valence-electron chi connectivity index (χ0n) is 15.9. The maximum Gasteiger partial charge on any atom is 0.254 e. The topological polar surface area (TPSA) is 42.0 Å². The van der Waals surface area contributed by atoms with Crippen LogP contribution in [-0.4, -0.2) is 16.4 Å². The van der Waals surface area contributed by atoms with E-state index in [4.69, 9.17) is 0 Å². The number of hydrogen-bond acceptors (Lipinski definition) is 2. The van der Waals surface area contributed by atoms with E-state index in [1.165, 1.54) is 12.3 Å². The van der Waals surface area contributed by atoms with Crippen molar-refractivity contribution in [2.75, 3.05) is 0 Å². The van der Waals surface area contributed by atoms with Crippen LogP contribution in [0.15, 0.2) is 48.7 Å². The molecule has 136 valence electrons. The van der Waals surface area contributed by atoms with E-state index in [1.807, 2.05) is 39.8 Å². The van der Waals surface area contributed by atoms with Crippen LogP contribution in [-0.2, 0) is 0 Å². The first-order chi connectivity index (χ1) is 12.7. The minimum atomic E-state index is -0.731. The van der Waals surface area contributed by atoms with Gasteiger partial charge in [-0.3, -0.25) is 9.78 Å². The molecule has 1 aromatic heterocycles. The molecular weight excluding hydrogens is 339 g/mol. The summed E-state index contributed by atoms with van der Waals surface area (Å²) in [5.74, 6) is 5.54. The van der Waals surface area contributed by atoms with Crippen LogP contribution in [0, 0.1) is 31.5 Å². The number of hydrogen-bond donors (Lipinski definition) is 1. The highest BCUT2D eigenvalue weighted by molar-refractivity contribution is 5.97. The van der Waals surface area contributed by atoms with Crippen molar-refractivity contribution in [3.63, 3.8) is 0 Å². The molecule has 0 atom stereocenters. The number of benzene rings is 2. The van der Waals surface area contributed by atoms with E-state index < -0.39 is 11.4 Å². The van der Waals surface area contributed by atoms with Gasteiger partial charge in [0.1, 0.15) is 11.3 Å². The summed E-state index contributed by atoms with van der Waals surface area (Å²) in [4.78, 5) is 16.7. The van der Waals surface area contributed by atoms with Gasteiger partial charge in [-0.05, 0) is 63.1 Å². The van der Waals surface area contributed by atoms with Crippen LogP contribution in [0.4, 0.5) is 4.39 Å². The molecule has 0 aliphatic heterocycles. The van der Waals surface area contributed by atoms with E-state index in [1.54, 1.807) is 18.2 Å². The number of carbonyl (C=O) groups is 1. The van der Waals surface area contributed by atoms with Crippen LogP contribution < -0.4 is 5.32 Å². The second kappa shape index (κ2) is 7.20. The van der Waals surface area contributed by atoms with E-state index in [0.29, 0.717) is 10.9 Å². The molecule has 4 heteroatoms. The molecule has 3 aromatic rings. The van der Waals surface area contributed by atoms with E-state index in [9.17, 15) is 9.18 Å². The third kappa shape index (κ3) is 4.51. The molecule has 0 radical (unpaired) electrons. The van der Waals surface area contributed by atoms with Crippen LogP contribution >= 0.6 is 0 Å². The normalized spacial score (nSPS) is 11.0. The summed E-state index contributed by atoms with van der Waals surface area (Å²) in [6.45, 7) is 7.74. The van der Waals surface area contributed by atoms with Gasteiger partial charge < -0.3 is 5.32 Å². The van der Waals surface area contributed by atoms with Gasteiger partial charge in [0, 0.05) is 17.1 Å². The Labute approximate surface area is 158 Å². The molecule has 0 aliphatic carbocycles. The highest BCUT2D eigenvalue weighted by Gasteiger charge is 2.19. The molecule has 1 amide bonds. The molecule has 1 N–H and O–H groups in total. The number of halogens is 1. The third-order valence-corrected chi connectivity index (χ3v) is 4.09. The lowest BCUT2D eigenvalue weighted by Gasteiger charge is -2.20. The van der Waals surface area contributed by atoms with Gasteiger partial charge in [-0.25, -0.2) is 4.39 Å². The van der Waals surface area contributed by atoms with Gasteiger partial charge in [0.15, 0.2) is 0 Å². The predicted octanol–water partition coefficient (Wildman–Crippen LogP) is 4.55. The SMILES string of the molecule is Cc1cc(C)cc(C#CC(C)(C)NC(=O)c2cnc3c(F)cccc3c2)c1. The lowest BCUT2D eigenvalue weighted by atomic mass is 10.0. The number of para-hydroxylation sites is 1. The molecule has 3 nitrogen and oxygen atoms in total. The third-order valence-electron chi connectivity index (χ3n) is 4.09. The van der Waals surface area contributed by atoms with E-state index >= 15 is 0 Å². The highest BCUT2D eigenvalue weighted by Crippen LogP contribution is 2.17. The minimum absolute atomic E-state index is 0.253. The van der Waals surface area contributed by atoms with Crippen molar-refractivity contribution in [3.8, 4) is 11.8 Å². The van der Waals surface area contributed by atoms with Crippen molar-refractivity contribution in [1.29, 1.82) is 0 Å². The molecular formula is C23H21FN2O. The number of aromatic nitrogens is 1. The van der Waals surface area contributed by atoms with Gasteiger partial charge in [-0.2, -0.15) is 0 Å². The molecule has 0 saturated heterocycles. The summed E-state index contributed by atoms with van der Waals surface area (Å²) in [5, 5.41) is 3.49. The number of nitrogens with zero attached hydrogens (tertiary/aromatic N) is 1. The average Bonchev–Trinajstić information content (AvgIpc) is 2.59. The van der Waals surface area contributed by atoms with Crippen molar-refractivity contribution < 1.29 is 9.18 Å². The van der Waals surface area contributed by atoms with Crippen molar-refractivity contribution in [2.24, 2.45) is 0 Å². The number of fused-ring (bicyclic) bond motifs is 1. The summed E-state index contributed by atoms with van der Waals surface area (Å²) in [7, 11) is 0. The number of nitrogens with one attached hydrogen (secondary N) is 1. The minimum Gasteiger partial charge on any atom is -0.336 e. The summed E-state index contributed by atoms with van der Waals surface area (Å²) in [6.07, 6.45) is 1.38. The van der Waals surface area contributed by atoms with Crippen molar-refractivity contribution in [3.05, 3.63) is 76.7 Å². The van der Waals surface area contributed by atoms with Crippen LogP contribution in [0.3, 0.4) is 0 Å². The lowest BCUT2D eigenvalue weighted by molar-refractivity contribution is 0.0929. The van der Waals surface area contributed by atoms with Gasteiger partial charge in [0.05, 0.1) is 11.1 Å². The molecule has 0 saturated carbocycles. The summed E-state index contributed by atoms with van der Waals surface area (Å²) in [6, 6.07) is 12.4. The smallest absolute Gasteiger partial charge is 0.254 e. The Morgan fingerprint density at radius 2 is 1.81 bits per heavy atom. The number of carbonyl (C=O) groups excluding carboxylic acids is 1. The lowest BCUT2D eigenvalue weighted by Crippen LogP contribution is -2.42. The largest absolute Gasteiger partial charge is 0.336 e. The van der Waals surface area contributed by atoms with Crippen molar-refractivity contribution in [2.45, 2.75) is 33.2 Å².